The monoisotopic (exact) mass is 381 g/mol. The van der Waals surface area contributed by atoms with Gasteiger partial charge in [0.1, 0.15) is 11.6 Å². The fraction of sp³-hybridized carbons (Fsp3) is 0.238. The summed E-state index contributed by atoms with van der Waals surface area (Å²) in [4.78, 5) is 14.4. The number of ether oxygens (including phenoxy) is 1. The van der Waals surface area contributed by atoms with Crippen LogP contribution in [0.3, 0.4) is 0 Å². The van der Waals surface area contributed by atoms with E-state index in [1.165, 1.54) is 6.20 Å². The molecule has 6 heteroatoms. The molecule has 0 aromatic heterocycles. The first-order valence-electron chi connectivity index (χ1n) is 8.79. The second-order valence-corrected chi connectivity index (χ2v) is 6.66. The van der Waals surface area contributed by atoms with Crippen molar-refractivity contribution in [1.29, 1.82) is 5.26 Å². The molecule has 0 aliphatic heterocycles. The number of nitrogens with one attached hydrogen (secondary N) is 2. The molecule has 140 valence electrons. The molecule has 2 aromatic carbocycles. The lowest BCUT2D eigenvalue weighted by Gasteiger charge is -2.10. The zero-order valence-electron chi connectivity index (χ0n) is 15.3. The lowest BCUT2D eigenvalue weighted by atomic mass is 10.2. The van der Waals surface area contributed by atoms with E-state index in [2.05, 4.69) is 10.6 Å². The van der Waals surface area contributed by atoms with Crippen molar-refractivity contribution in [1.82, 2.24) is 5.32 Å². The minimum Gasteiger partial charge on any atom is -0.390 e. The van der Waals surface area contributed by atoms with Crippen molar-refractivity contribution >= 4 is 23.4 Å². The van der Waals surface area contributed by atoms with Crippen LogP contribution in [0.15, 0.2) is 76.2 Å². The quantitative estimate of drug-likeness (QED) is 0.366. The second kappa shape index (κ2) is 11.8. The van der Waals surface area contributed by atoms with Gasteiger partial charge in [-0.3, -0.25) is 4.79 Å². The molecule has 2 rings (SSSR count). The number of hydrogen-bond acceptors (Lipinski definition) is 5. The number of nitriles is 1. The number of anilines is 1. The van der Waals surface area contributed by atoms with Gasteiger partial charge in [0.25, 0.3) is 5.91 Å². The maximum Gasteiger partial charge on any atom is 0.267 e. The first kappa shape index (κ1) is 20.6. The van der Waals surface area contributed by atoms with E-state index in [1.54, 1.807) is 11.8 Å². The zero-order chi connectivity index (χ0) is 19.3. The van der Waals surface area contributed by atoms with Crippen LogP contribution in [0.2, 0.25) is 0 Å². The van der Waals surface area contributed by atoms with Crippen LogP contribution in [-0.2, 0) is 9.53 Å². The average molecular weight is 382 g/mol. The largest absolute Gasteiger partial charge is 0.390 e. The molecule has 0 saturated carbocycles. The van der Waals surface area contributed by atoms with E-state index in [4.69, 9.17) is 4.74 Å². The van der Waals surface area contributed by atoms with Crippen LogP contribution < -0.4 is 10.6 Å². The molecule has 0 aliphatic rings. The van der Waals surface area contributed by atoms with Gasteiger partial charge in [0.15, 0.2) is 0 Å². The summed E-state index contributed by atoms with van der Waals surface area (Å²) in [6, 6.07) is 19.4. The van der Waals surface area contributed by atoms with Crippen molar-refractivity contribution in [3.05, 3.63) is 66.4 Å². The Bertz CT molecular complexity index is 801. The highest BCUT2D eigenvalue weighted by Gasteiger charge is 2.12. The van der Waals surface area contributed by atoms with Crippen LogP contribution in [0.25, 0.3) is 0 Å². The van der Waals surface area contributed by atoms with Gasteiger partial charge in [0.2, 0.25) is 0 Å². The second-order valence-electron chi connectivity index (χ2n) is 5.54. The van der Waals surface area contributed by atoms with Crippen molar-refractivity contribution in [2.24, 2.45) is 0 Å². The molecule has 0 atom stereocenters. The molecule has 0 heterocycles. The molecule has 0 aliphatic carbocycles. The van der Waals surface area contributed by atoms with Gasteiger partial charge in [0.05, 0.1) is 5.69 Å². The van der Waals surface area contributed by atoms with Gasteiger partial charge in [-0.25, -0.2) is 0 Å². The molecule has 0 saturated heterocycles. The lowest BCUT2D eigenvalue weighted by molar-refractivity contribution is -0.112. The molecule has 2 aromatic rings. The van der Waals surface area contributed by atoms with Gasteiger partial charge in [-0.1, -0.05) is 42.1 Å². The van der Waals surface area contributed by atoms with E-state index in [0.29, 0.717) is 25.4 Å². The van der Waals surface area contributed by atoms with E-state index >= 15 is 0 Å². The molecule has 0 spiro atoms. The topological polar surface area (TPSA) is 74.1 Å². The third-order valence-corrected chi connectivity index (χ3v) is 4.62. The Kier molecular flexibility index (Phi) is 8.98. The molecule has 1 amide bonds. The minimum absolute atomic E-state index is 0.0333. The molecule has 0 unspecified atom stereocenters. The van der Waals surface area contributed by atoms with E-state index in [0.717, 1.165) is 16.2 Å². The maximum absolute atomic E-state index is 12.4. The highest BCUT2D eigenvalue weighted by molar-refractivity contribution is 7.99. The highest BCUT2D eigenvalue weighted by atomic mass is 32.2. The standard InChI is InChI=1S/C21H23N3O2S/c1-2-26-14-8-13-23-16-17(15-22)21(25)24-19-11-6-7-12-20(19)27-18-9-4-3-5-10-18/h3-7,9-12,16,23H,2,8,13-14H2,1H3,(H,24,25)/b17-16-. The van der Waals surface area contributed by atoms with Gasteiger partial charge >= 0.3 is 0 Å². The Labute approximate surface area is 164 Å². The van der Waals surface area contributed by atoms with Gasteiger partial charge in [-0.15, -0.1) is 0 Å². The Morgan fingerprint density at radius 2 is 1.93 bits per heavy atom. The molecule has 0 bridgehead atoms. The van der Waals surface area contributed by atoms with Gasteiger partial charge in [-0.05, 0) is 37.6 Å². The van der Waals surface area contributed by atoms with E-state index < -0.39 is 5.91 Å². The van der Waals surface area contributed by atoms with Crippen molar-refractivity contribution in [3.8, 4) is 6.07 Å². The van der Waals surface area contributed by atoms with Gasteiger partial charge in [-0.2, -0.15) is 5.26 Å². The predicted octanol–water partition coefficient (Wildman–Crippen LogP) is 4.20. The normalized spacial score (nSPS) is 10.9. The first-order chi connectivity index (χ1) is 13.2. The molecular weight excluding hydrogens is 358 g/mol. The number of para-hydroxylation sites is 1. The Balaban J connectivity index is 1.98. The zero-order valence-corrected chi connectivity index (χ0v) is 16.1. The van der Waals surface area contributed by atoms with Crippen LogP contribution in [0.1, 0.15) is 13.3 Å². The summed E-state index contributed by atoms with van der Waals surface area (Å²) in [6.45, 7) is 3.91. The summed E-state index contributed by atoms with van der Waals surface area (Å²) < 4.78 is 5.25. The summed E-state index contributed by atoms with van der Waals surface area (Å²) in [6.07, 6.45) is 2.26. The Hall–Kier alpha value is -2.75. The first-order valence-corrected chi connectivity index (χ1v) is 9.61. The third kappa shape index (κ3) is 7.18. The van der Waals surface area contributed by atoms with Crippen LogP contribution in [0.4, 0.5) is 5.69 Å². The SMILES string of the molecule is CCOCCCN/C=C(/C#N)C(=O)Nc1ccccc1Sc1ccccc1. The smallest absolute Gasteiger partial charge is 0.267 e. The molecule has 5 nitrogen and oxygen atoms in total. The number of hydrogen-bond donors (Lipinski definition) is 2. The number of carbonyl (C=O) groups excluding carboxylic acids is 1. The van der Waals surface area contributed by atoms with Gasteiger partial charge < -0.3 is 15.4 Å². The molecular formula is C21H23N3O2S. The Morgan fingerprint density at radius 3 is 2.67 bits per heavy atom. The van der Waals surface area contributed by atoms with E-state index in [9.17, 15) is 10.1 Å². The van der Waals surface area contributed by atoms with Crippen LogP contribution in [-0.4, -0.2) is 25.7 Å². The average Bonchev–Trinajstić information content (AvgIpc) is 2.69. The number of rotatable bonds is 10. The lowest BCUT2D eigenvalue weighted by Crippen LogP contribution is -2.18. The van der Waals surface area contributed by atoms with Crippen molar-refractivity contribution in [2.45, 2.75) is 23.1 Å². The van der Waals surface area contributed by atoms with Crippen molar-refractivity contribution in [3.63, 3.8) is 0 Å². The fourth-order valence-electron chi connectivity index (χ4n) is 2.21. The molecule has 2 N–H and O–H groups in total. The Morgan fingerprint density at radius 1 is 1.19 bits per heavy atom. The fourth-order valence-corrected chi connectivity index (χ4v) is 3.13. The molecule has 0 fully saturated rings. The number of carbonyl (C=O) groups is 1. The number of benzene rings is 2. The van der Waals surface area contributed by atoms with E-state index in [-0.39, 0.29) is 5.57 Å². The highest BCUT2D eigenvalue weighted by Crippen LogP contribution is 2.33. The summed E-state index contributed by atoms with van der Waals surface area (Å²) >= 11 is 1.56. The van der Waals surface area contributed by atoms with E-state index in [1.807, 2.05) is 67.6 Å². The van der Waals surface area contributed by atoms with Crippen molar-refractivity contribution < 1.29 is 9.53 Å². The molecule has 27 heavy (non-hydrogen) atoms. The number of amides is 1. The summed E-state index contributed by atoms with van der Waals surface area (Å²) in [5.41, 5.74) is 0.708. The number of nitrogens with zero attached hydrogens (tertiary/aromatic N) is 1. The van der Waals surface area contributed by atoms with Gasteiger partial charge in [0, 0.05) is 35.7 Å². The van der Waals surface area contributed by atoms with Crippen LogP contribution >= 0.6 is 11.8 Å². The summed E-state index contributed by atoms with van der Waals surface area (Å²) in [5, 5.41) is 15.1. The summed E-state index contributed by atoms with van der Waals surface area (Å²) in [5.74, 6) is -0.434. The minimum atomic E-state index is -0.434. The third-order valence-electron chi connectivity index (χ3n) is 3.53. The van der Waals surface area contributed by atoms with Crippen LogP contribution in [0.5, 0.6) is 0 Å². The summed E-state index contributed by atoms with van der Waals surface area (Å²) in [7, 11) is 0. The maximum atomic E-state index is 12.4. The van der Waals surface area contributed by atoms with Crippen LogP contribution in [0, 0.1) is 11.3 Å². The van der Waals surface area contributed by atoms with Crippen molar-refractivity contribution in [2.75, 3.05) is 25.1 Å². The molecule has 0 radical (unpaired) electrons. The predicted molar refractivity (Wildman–Crippen MR) is 108 cm³/mol.